The van der Waals surface area contributed by atoms with Crippen LogP contribution in [-0.4, -0.2) is 24.5 Å². The van der Waals surface area contributed by atoms with Crippen LogP contribution in [0.2, 0.25) is 5.02 Å². The van der Waals surface area contributed by atoms with Crippen LogP contribution in [0.1, 0.15) is 37.8 Å². The molecular weight excluding hydrogens is 324 g/mol. The van der Waals surface area contributed by atoms with Gasteiger partial charge in [-0.05, 0) is 62.2 Å². The van der Waals surface area contributed by atoms with Gasteiger partial charge in [0.15, 0.2) is 0 Å². The molecule has 2 rings (SSSR count). The summed E-state index contributed by atoms with van der Waals surface area (Å²) in [6.45, 7) is 5.13. The van der Waals surface area contributed by atoms with E-state index >= 15 is 0 Å². The van der Waals surface area contributed by atoms with E-state index in [1.807, 2.05) is 12.1 Å². The van der Waals surface area contributed by atoms with Crippen LogP contribution in [0.15, 0.2) is 22.7 Å². The maximum atomic E-state index is 6.44. The van der Waals surface area contributed by atoms with Crippen LogP contribution in [0, 0.1) is 5.92 Å². The molecular formula is C15H22BrClN2. The summed E-state index contributed by atoms with van der Waals surface area (Å²) < 4.78 is 1.09. The van der Waals surface area contributed by atoms with Crippen LogP contribution < -0.4 is 5.73 Å². The summed E-state index contributed by atoms with van der Waals surface area (Å²) in [7, 11) is 0. The number of halogens is 2. The number of hydrogen-bond acceptors (Lipinski definition) is 2. The molecule has 1 fully saturated rings. The highest BCUT2D eigenvalue weighted by Crippen LogP contribution is 2.38. The Hall–Kier alpha value is -0.0900. The Balaban J connectivity index is 2.41. The van der Waals surface area contributed by atoms with E-state index in [0.29, 0.717) is 12.0 Å². The normalized spacial score (nSPS) is 25.3. The zero-order valence-electron chi connectivity index (χ0n) is 11.4. The Kier molecular flexibility index (Phi) is 5.70. The van der Waals surface area contributed by atoms with Gasteiger partial charge in [0.2, 0.25) is 0 Å². The summed E-state index contributed by atoms with van der Waals surface area (Å²) in [5.41, 5.74) is 7.24. The molecule has 1 heterocycles. The van der Waals surface area contributed by atoms with Crippen LogP contribution in [-0.2, 0) is 0 Å². The smallest absolute Gasteiger partial charge is 0.0454 e. The maximum Gasteiger partial charge on any atom is 0.0454 e. The number of benzene rings is 1. The average Bonchev–Trinajstić information content (AvgIpc) is 2.63. The van der Waals surface area contributed by atoms with Crippen molar-refractivity contribution in [3.05, 3.63) is 33.3 Å². The second-order valence-corrected chi connectivity index (χ2v) is 6.55. The van der Waals surface area contributed by atoms with Gasteiger partial charge in [0.1, 0.15) is 0 Å². The first kappa shape index (κ1) is 15.3. The second-order valence-electron chi connectivity index (χ2n) is 5.23. The standard InChI is InChI=1S/C15H22BrClN2/c1-2-19-8-4-3-5-11(10-18)15(19)13-9-12(16)6-7-14(13)17/h6-7,9,11,15H,2-5,8,10,18H2,1H3. The molecule has 19 heavy (non-hydrogen) atoms. The fraction of sp³-hybridized carbons (Fsp3) is 0.600. The molecule has 106 valence electrons. The molecule has 0 aliphatic carbocycles. The lowest BCUT2D eigenvalue weighted by Gasteiger charge is -2.35. The van der Waals surface area contributed by atoms with Crippen LogP contribution in [0.5, 0.6) is 0 Å². The quantitative estimate of drug-likeness (QED) is 0.888. The van der Waals surface area contributed by atoms with E-state index in [1.165, 1.54) is 24.8 Å². The monoisotopic (exact) mass is 344 g/mol. The molecule has 2 atom stereocenters. The number of hydrogen-bond donors (Lipinski definition) is 1. The van der Waals surface area contributed by atoms with Crippen LogP contribution in [0.25, 0.3) is 0 Å². The van der Waals surface area contributed by atoms with Crippen LogP contribution in [0.4, 0.5) is 0 Å². The van der Waals surface area contributed by atoms with Gasteiger partial charge in [-0.15, -0.1) is 0 Å². The summed E-state index contributed by atoms with van der Waals surface area (Å²) in [6.07, 6.45) is 3.72. The Morgan fingerprint density at radius 1 is 1.42 bits per heavy atom. The molecule has 1 aliphatic heterocycles. The van der Waals surface area contributed by atoms with E-state index in [9.17, 15) is 0 Å². The first-order valence-electron chi connectivity index (χ1n) is 7.06. The highest BCUT2D eigenvalue weighted by molar-refractivity contribution is 9.10. The first-order chi connectivity index (χ1) is 9.17. The van der Waals surface area contributed by atoms with Gasteiger partial charge >= 0.3 is 0 Å². The van der Waals surface area contributed by atoms with E-state index in [1.54, 1.807) is 0 Å². The molecule has 2 unspecified atom stereocenters. The van der Waals surface area contributed by atoms with E-state index in [4.69, 9.17) is 17.3 Å². The molecule has 1 saturated heterocycles. The van der Waals surface area contributed by atoms with E-state index < -0.39 is 0 Å². The Bertz CT molecular complexity index is 411. The molecule has 4 heteroatoms. The van der Waals surface area contributed by atoms with Gasteiger partial charge in [0.25, 0.3) is 0 Å². The number of rotatable bonds is 3. The van der Waals surface area contributed by atoms with Crippen molar-refractivity contribution in [1.29, 1.82) is 0 Å². The number of likely N-dealkylation sites (tertiary alicyclic amines) is 1. The highest BCUT2D eigenvalue weighted by atomic mass is 79.9. The van der Waals surface area contributed by atoms with E-state index in [2.05, 4.69) is 33.8 Å². The van der Waals surface area contributed by atoms with Gasteiger partial charge in [-0.2, -0.15) is 0 Å². The lowest BCUT2D eigenvalue weighted by atomic mass is 9.89. The SMILES string of the molecule is CCN1CCCCC(CN)C1c1cc(Br)ccc1Cl. The maximum absolute atomic E-state index is 6.44. The van der Waals surface area contributed by atoms with Crippen molar-refractivity contribution in [3.63, 3.8) is 0 Å². The van der Waals surface area contributed by atoms with Crippen molar-refractivity contribution in [2.45, 2.75) is 32.2 Å². The minimum atomic E-state index is 0.350. The molecule has 0 amide bonds. The van der Waals surface area contributed by atoms with Crippen molar-refractivity contribution < 1.29 is 0 Å². The first-order valence-corrected chi connectivity index (χ1v) is 8.23. The Morgan fingerprint density at radius 3 is 2.89 bits per heavy atom. The molecule has 0 saturated carbocycles. The molecule has 2 nitrogen and oxygen atoms in total. The molecule has 0 bridgehead atoms. The van der Waals surface area contributed by atoms with Gasteiger partial charge in [-0.3, -0.25) is 4.90 Å². The molecule has 2 N–H and O–H groups in total. The molecule has 0 spiro atoms. The van der Waals surface area contributed by atoms with Gasteiger partial charge in [-0.25, -0.2) is 0 Å². The van der Waals surface area contributed by atoms with Crippen molar-refractivity contribution >= 4 is 27.5 Å². The average molecular weight is 346 g/mol. The topological polar surface area (TPSA) is 29.3 Å². The fourth-order valence-electron chi connectivity index (χ4n) is 3.11. The summed E-state index contributed by atoms with van der Waals surface area (Å²) in [4.78, 5) is 2.53. The molecule has 0 aromatic heterocycles. The summed E-state index contributed by atoms with van der Waals surface area (Å²) in [5, 5.41) is 0.854. The van der Waals surface area contributed by atoms with Gasteiger partial charge in [0, 0.05) is 15.5 Å². The molecule has 1 aromatic rings. The molecule has 1 aromatic carbocycles. The Morgan fingerprint density at radius 2 is 2.21 bits per heavy atom. The van der Waals surface area contributed by atoms with E-state index in [0.717, 1.165) is 29.1 Å². The summed E-state index contributed by atoms with van der Waals surface area (Å²) in [5.74, 6) is 0.495. The number of nitrogens with two attached hydrogens (primary N) is 1. The van der Waals surface area contributed by atoms with Crippen molar-refractivity contribution in [1.82, 2.24) is 4.90 Å². The third-order valence-electron chi connectivity index (χ3n) is 4.10. The Labute approximate surface area is 129 Å². The predicted octanol–water partition coefficient (Wildman–Crippen LogP) is 4.22. The molecule has 1 aliphatic rings. The van der Waals surface area contributed by atoms with Crippen LogP contribution >= 0.6 is 27.5 Å². The van der Waals surface area contributed by atoms with Gasteiger partial charge in [0.05, 0.1) is 0 Å². The minimum Gasteiger partial charge on any atom is -0.330 e. The van der Waals surface area contributed by atoms with E-state index in [-0.39, 0.29) is 0 Å². The van der Waals surface area contributed by atoms with Crippen molar-refractivity contribution in [2.24, 2.45) is 11.7 Å². The van der Waals surface area contributed by atoms with Crippen molar-refractivity contribution in [3.8, 4) is 0 Å². The largest absolute Gasteiger partial charge is 0.330 e. The minimum absolute atomic E-state index is 0.350. The zero-order chi connectivity index (χ0) is 13.8. The molecule has 0 radical (unpaired) electrons. The lowest BCUT2D eigenvalue weighted by molar-refractivity contribution is 0.166. The third-order valence-corrected chi connectivity index (χ3v) is 4.93. The third kappa shape index (κ3) is 3.52. The zero-order valence-corrected chi connectivity index (χ0v) is 13.8. The van der Waals surface area contributed by atoms with Crippen LogP contribution in [0.3, 0.4) is 0 Å². The summed E-state index contributed by atoms with van der Waals surface area (Å²) >= 11 is 10.00. The van der Waals surface area contributed by atoms with Gasteiger partial charge < -0.3 is 5.73 Å². The lowest BCUT2D eigenvalue weighted by Crippen LogP contribution is -2.35. The van der Waals surface area contributed by atoms with Crippen molar-refractivity contribution in [2.75, 3.05) is 19.6 Å². The van der Waals surface area contributed by atoms with Gasteiger partial charge in [-0.1, -0.05) is 40.9 Å². The predicted molar refractivity (Wildman–Crippen MR) is 85.5 cm³/mol. The summed E-state index contributed by atoms with van der Waals surface area (Å²) in [6, 6.07) is 6.48. The number of nitrogens with zero attached hydrogens (tertiary/aromatic N) is 1. The second kappa shape index (κ2) is 7.07. The highest BCUT2D eigenvalue weighted by Gasteiger charge is 2.30. The fourth-order valence-corrected chi connectivity index (χ4v) is 3.72.